The highest BCUT2D eigenvalue weighted by Crippen LogP contribution is 2.29. The molecule has 4 heteroatoms. The Bertz CT molecular complexity index is 731. The van der Waals surface area contributed by atoms with Crippen LogP contribution in [0.25, 0.3) is 22.4 Å². The van der Waals surface area contributed by atoms with Crippen LogP contribution in [0, 0.1) is 6.92 Å². The number of benzene rings is 2. The summed E-state index contributed by atoms with van der Waals surface area (Å²) in [5.41, 5.74) is 10.4. The third-order valence-electron chi connectivity index (χ3n) is 2.88. The highest BCUT2D eigenvalue weighted by Gasteiger charge is 2.09. The number of nitrogens with two attached hydrogens (primary N) is 1. The fraction of sp³-hybridized carbons (Fsp3) is 0.0714. The SMILES string of the molecule is Cc1ccc2nc(-c3cc(N)ccc3Cl)[nH]c2c1. The second-order valence-corrected chi connectivity index (χ2v) is 4.75. The number of imidazole rings is 1. The Kier molecular flexibility index (Phi) is 2.49. The van der Waals surface area contributed by atoms with E-state index in [1.165, 1.54) is 5.56 Å². The fourth-order valence-corrected chi connectivity index (χ4v) is 2.18. The maximum atomic E-state index is 6.17. The number of anilines is 1. The van der Waals surface area contributed by atoms with Crippen molar-refractivity contribution in [2.24, 2.45) is 0 Å². The van der Waals surface area contributed by atoms with Gasteiger partial charge in [0.25, 0.3) is 0 Å². The molecule has 3 rings (SSSR count). The summed E-state index contributed by atoms with van der Waals surface area (Å²) in [6.45, 7) is 2.05. The molecule has 1 heterocycles. The van der Waals surface area contributed by atoms with Crippen LogP contribution in [0.4, 0.5) is 5.69 Å². The number of hydrogen-bond donors (Lipinski definition) is 2. The number of fused-ring (bicyclic) bond motifs is 1. The Labute approximate surface area is 110 Å². The zero-order valence-corrected chi connectivity index (χ0v) is 10.6. The molecule has 3 nitrogen and oxygen atoms in total. The smallest absolute Gasteiger partial charge is 0.140 e. The number of nitrogens with one attached hydrogen (secondary N) is 1. The highest BCUT2D eigenvalue weighted by molar-refractivity contribution is 6.33. The fourth-order valence-electron chi connectivity index (χ4n) is 1.98. The number of H-pyrrole nitrogens is 1. The van der Waals surface area contributed by atoms with Crippen molar-refractivity contribution in [2.45, 2.75) is 6.92 Å². The first kappa shape index (κ1) is 11.1. The third kappa shape index (κ3) is 1.83. The van der Waals surface area contributed by atoms with Gasteiger partial charge in [-0.1, -0.05) is 17.7 Å². The van der Waals surface area contributed by atoms with Gasteiger partial charge >= 0.3 is 0 Å². The summed E-state index contributed by atoms with van der Waals surface area (Å²) in [5.74, 6) is 0.743. The number of aryl methyl sites for hydroxylation is 1. The lowest BCUT2D eigenvalue weighted by Crippen LogP contribution is -1.87. The minimum atomic E-state index is 0.639. The van der Waals surface area contributed by atoms with Crippen molar-refractivity contribution in [1.82, 2.24) is 9.97 Å². The molecule has 18 heavy (non-hydrogen) atoms. The van der Waals surface area contributed by atoms with Crippen LogP contribution >= 0.6 is 11.6 Å². The van der Waals surface area contributed by atoms with Crippen LogP contribution in [0.1, 0.15) is 5.56 Å². The van der Waals surface area contributed by atoms with Gasteiger partial charge in [-0.2, -0.15) is 0 Å². The summed E-state index contributed by atoms with van der Waals surface area (Å²) in [4.78, 5) is 7.80. The van der Waals surface area contributed by atoms with Gasteiger partial charge in [-0.25, -0.2) is 4.98 Å². The van der Waals surface area contributed by atoms with E-state index in [4.69, 9.17) is 17.3 Å². The average Bonchev–Trinajstić information content (AvgIpc) is 2.74. The Balaban J connectivity index is 2.22. The van der Waals surface area contributed by atoms with Gasteiger partial charge in [0.05, 0.1) is 16.1 Å². The minimum absolute atomic E-state index is 0.639. The number of rotatable bonds is 1. The van der Waals surface area contributed by atoms with Gasteiger partial charge in [-0.3, -0.25) is 0 Å². The molecule has 0 bridgehead atoms. The molecule has 3 N–H and O–H groups in total. The quantitative estimate of drug-likeness (QED) is 0.652. The van der Waals surface area contributed by atoms with Gasteiger partial charge in [0, 0.05) is 11.3 Å². The number of hydrogen-bond acceptors (Lipinski definition) is 2. The Morgan fingerprint density at radius 2 is 2.00 bits per heavy atom. The molecule has 0 aliphatic heterocycles. The highest BCUT2D eigenvalue weighted by atomic mass is 35.5. The third-order valence-corrected chi connectivity index (χ3v) is 3.21. The number of nitrogens with zero attached hydrogens (tertiary/aromatic N) is 1. The number of nitrogen functional groups attached to an aromatic ring is 1. The molecule has 0 aliphatic rings. The van der Waals surface area contributed by atoms with Gasteiger partial charge in [0.15, 0.2) is 0 Å². The second-order valence-electron chi connectivity index (χ2n) is 4.35. The monoisotopic (exact) mass is 257 g/mol. The molecular formula is C14H12ClN3. The zero-order chi connectivity index (χ0) is 12.7. The van der Waals surface area contributed by atoms with Crippen LogP contribution < -0.4 is 5.73 Å². The minimum Gasteiger partial charge on any atom is -0.399 e. The van der Waals surface area contributed by atoms with Crippen molar-refractivity contribution >= 4 is 28.3 Å². The molecule has 2 aromatic carbocycles. The van der Waals surface area contributed by atoms with Crippen LogP contribution in [0.5, 0.6) is 0 Å². The van der Waals surface area contributed by atoms with E-state index in [1.54, 1.807) is 12.1 Å². The van der Waals surface area contributed by atoms with E-state index in [0.29, 0.717) is 10.7 Å². The number of aromatic nitrogens is 2. The van der Waals surface area contributed by atoms with Crippen molar-refractivity contribution in [3.05, 3.63) is 47.0 Å². The lowest BCUT2D eigenvalue weighted by atomic mass is 10.2. The lowest BCUT2D eigenvalue weighted by molar-refractivity contribution is 1.34. The lowest BCUT2D eigenvalue weighted by Gasteiger charge is -2.01. The number of aromatic amines is 1. The van der Waals surface area contributed by atoms with Crippen molar-refractivity contribution < 1.29 is 0 Å². The topological polar surface area (TPSA) is 54.7 Å². The normalized spacial score (nSPS) is 11.0. The Hall–Kier alpha value is -2.00. The summed E-state index contributed by atoms with van der Waals surface area (Å²) in [6.07, 6.45) is 0. The largest absolute Gasteiger partial charge is 0.399 e. The number of halogens is 1. The molecule has 3 aromatic rings. The van der Waals surface area contributed by atoms with Crippen molar-refractivity contribution in [1.29, 1.82) is 0 Å². The van der Waals surface area contributed by atoms with E-state index in [1.807, 2.05) is 25.1 Å². The maximum absolute atomic E-state index is 6.17. The van der Waals surface area contributed by atoms with Crippen LogP contribution in [0.15, 0.2) is 36.4 Å². The van der Waals surface area contributed by atoms with Crippen LogP contribution in [-0.2, 0) is 0 Å². The molecule has 1 aromatic heterocycles. The van der Waals surface area contributed by atoms with Crippen LogP contribution in [0.3, 0.4) is 0 Å². The molecule has 0 radical (unpaired) electrons. The van der Waals surface area contributed by atoms with E-state index in [0.717, 1.165) is 22.4 Å². The molecule has 0 fully saturated rings. The van der Waals surface area contributed by atoms with Crippen LogP contribution in [0.2, 0.25) is 5.02 Å². The van der Waals surface area contributed by atoms with Crippen molar-refractivity contribution in [3.63, 3.8) is 0 Å². The molecule has 0 amide bonds. The molecule has 0 saturated carbocycles. The van der Waals surface area contributed by atoms with E-state index in [-0.39, 0.29) is 0 Å². The Morgan fingerprint density at radius 3 is 2.83 bits per heavy atom. The first-order valence-electron chi connectivity index (χ1n) is 5.65. The van der Waals surface area contributed by atoms with E-state index in [2.05, 4.69) is 16.0 Å². The summed E-state index contributed by atoms with van der Waals surface area (Å²) in [6, 6.07) is 11.5. The van der Waals surface area contributed by atoms with E-state index >= 15 is 0 Å². The molecule has 0 saturated heterocycles. The van der Waals surface area contributed by atoms with Gasteiger partial charge in [0.1, 0.15) is 5.82 Å². The van der Waals surface area contributed by atoms with Gasteiger partial charge < -0.3 is 10.7 Å². The first-order chi connectivity index (χ1) is 8.63. The summed E-state index contributed by atoms with van der Waals surface area (Å²) in [5, 5.41) is 0.639. The molecule has 0 atom stereocenters. The first-order valence-corrected chi connectivity index (χ1v) is 6.03. The van der Waals surface area contributed by atoms with Gasteiger partial charge in [-0.05, 0) is 42.8 Å². The summed E-state index contributed by atoms with van der Waals surface area (Å²) in [7, 11) is 0. The van der Waals surface area contributed by atoms with Gasteiger partial charge in [0.2, 0.25) is 0 Å². The predicted octanol–water partition coefficient (Wildman–Crippen LogP) is 3.77. The molecule has 90 valence electrons. The standard InChI is InChI=1S/C14H12ClN3/c1-8-2-5-12-13(6-8)18-14(17-12)10-7-9(16)3-4-11(10)15/h2-7H,16H2,1H3,(H,17,18). The summed E-state index contributed by atoms with van der Waals surface area (Å²) < 4.78 is 0. The van der Waals surface area contributed by atoms with Gasteiger partial charge in [-0.15, -0.1) is 0 Å². The van der Waals surface area contributed by atoms with E-state index in [9.17, 15) is 0 Å². The Morgan fingerprint density at radius 1 is 1.17 bits per heavy atom. The second kappa shape index (κ2) is 4.03. The van der Waals surface area contributed by atoms with Crippen molar-refractivity contribution in [2.75, 3.05) is 5.73 Å². The molecule has 0 aliphatic carbocycles. The predicted molar refractivity (Wildman–Crippen MR) is 75.7 cm³/mol. The molecular weight excluding hydrogens is 246 g/mol. The zero-order valence-electron chi connectivity index (χ0n) is 9.87. The molecule has 0 spiro atoms. The molecule has 0 unspecified atom stereocenters. The summed E-state index contributed by atoms with van der Waals surface area (Å²) >= 11 is 6.17. The van der Waals surface area contributed by atoms with Crippen LogP contribution in [-0.4, -0.2) is 9.97 Å². The maximum Gasteiger partial charge on any atom is 0.140 e. The average molecular weight is 258 g/mol. The van der Waals surface area contributed by atoms with E-state index < -0.39 is 0 Å². The van der Waals surface area contributed by atoms with Crippen molar-refractivity contribution in [3.8, 4) is 11.4 Å².